The maximum absolute atomic E-state index is 12.7. The predicted octanol–water partition coefficient (Wildman–Crippen LogP) is 4.24. The zero-order valence-electron chi connectivity index (χ0n) is 15.1. The Morgan fingerprint density at radius 1 is 1.00 bits per heavy atom. The summed E-state index contributed by atoms with van der Waals surface area (Å²) < 4.78 is 10.9. The maximum atomic E-state index is 12.7. The van der Waals surface area contributed by atoms with Crippen LogP contribution < -0.4 is 10.1 Å². The molecule has 134 valence electrons. The molecule has 1 unspecified atom stereocenters. The van der Waals surface area contributed by atoms with Crippen molar-refractivity contribution in [1.29, 1.82) is 0 Å². The van der Waals surface area contributed by atoms with E-state index in [2.05, 4.69) is 5.32 Å². The lowest BCUT2D eigenvalue weighted by Gasteiger charge is -2.22. The molecule has 0 bridgehead atoms. The van der Waals surface area contributed by atoms with E-state index in [1.165, 1.54) is 0 Å². The first-order valence-electron chi connectivity index (χ1n) is 8.74. The monoisotopic (exact) mass is 349 g/mol. The molecule has 26 heavy (non-hydrogen) atoms. The molecule has 1 atom stereocenters. The van der Waals surface area contributed by atoms with E-state index in [1.54, 1.807) is 7.11 Å². The summed E-state index contributed by atoms with van der Waals surface area (Å²) in [5, 5.41) is 5.38. The van der Waals surface area contributed by atoms with Crippen molar-refractivity contribution in [3.63, 3.8) is 0 Å². The molecule has 4 heteroatoms. The number of hydrogen-bond donors (Lipinski definition) is 1. The number of hydrogen-bond acceptors (Lipinski definition) is 4. The molecule has 0 spiro atoms. The van der Waals surface area contributed by atoms with Crippen LogP contribution in [0.15, 0.2) is 66.7 Å². The van der Waals surface area contributed by atoms with Gasteiger partial charge in [0.1, 0.15) is 11.8 Å². The number of rotatable bonds is 7. The lowest BCUT2D eigenvalue weighted by molar-refractivity contribution is -0.145. The van der Waals surface area contributed by atoms with E-state index in [1.807, 2.05) is 73.7 Å². The van der Waals surface area contributed by atoms with E-state index in [-0.39, 0.29) is 5.97 Å². The third kappa shape index (κ3) is 3.86. The van der Waals surface area contributed by atoms with E-state index in [0.717, 1.165) is 21.9 Å². The summed E-state index contributed by atoms with van der Waals surface area (Å²) in [6, 6.07) is 21.2. The topological polar surface area (TPSA) is 47.6 Å². The zero-order chi connectivity index (χ0) is 18.4. The van der Waals surface area contributed by atoms with Gasteiger partial charge in [0, 0.05) is 12.1 Å². The molecule has 1 N–H and O–H groups in total. The second-order valence-corrected chi connectivity index (χ2v) is 5.95. The summed E-state index contributed by atoms with van der Waals surface area (Å²) in [5.41, 5.74) is 1.90. The van der Waals surface area contributed by atoms with E-state index >= 15 is 0 Å². The highest BCUT2D eigenvalue weighted by molar-refractivity contribution is 5.93. The fourth-order valence-corrected chi connectivity index (χ4v) is 3.10. The van der Waals surface area contributed by atoms with Crippen molar-refractivity contribution in [2.24, 2.45) is 0 Å². The number of carbonyl (C=O) groups is 1. The molecule has 4 nitrogen and oxygen atoms in total. The molecule has 0 aliphatic carbocycles. The molecule has 0 aliphatic rings. The smallest absolute Gasteiger partial charge is 0.327 e. The Morgan fingerprint density at radius 3 is 2.46 bits per heavy atom. The van der Waals surface area contributed by atoms with Crippen LogP contribution in [0.5, 0.6) is 5.75 Å². The summed E-state index contributed by atoms with van der Waals surface area (Å²) >= 11 is 0. The molecule has 3 rings (SSSR count). The summed E-state index contributed by atoms with van der Waals surface area (Å²) in [6.45, 7) is 2.69. The lowest BCUT2D eigenvalue weighted by atomic mass is 9.97. The van der Waals surface area contributed by atoms with Crippen LogP contribution in [0.1, 0.15) is 24.1 Å². The first-order valence-corrected chi connectivity index (χ1v) is 8.74. The van der Waals surface area contributed by atoms with Crippen molar-refractivity contribution in [3.8, 4) is 5.75 Å². The molecule has 0 saturated heterocycles. The standard InChI is InChI=1S/C22H23NO3/c1-3-26-22(24)21(23-15-16-9-5-4-6-10-16)20-18-12-8-7-11-17(18)13-14-19(20)25-2/h4-14,21,23H,3,15H2,1-2H3. The summed E-state index contributed by atoms with van der Waals surface area (Å²) in [7, 11) is 1.62. The lowest BCUT2D eigenvalue weighted by Crippen LogP contribution is -2.30. The highest BCUT2D eigenvalue weighted by Gasteiger charge is 2.27. The van der Waals surface area contributed by atoms with E-state index in [0.29, 0.717) is 18.9 Å². The number of fused-ring (bicyclic) bond motifs is 1. The van der Waals surface area contributed by atoms with Gasteiger partial charge in [0.15, 0.2) is 0 Å². The van der Waals surface area contributed by atoms with Crippen molar-refractivity contribution in [2.45, 2.75) is 19.5 Å². The molecule has 0 fully saturated rings. The highest BCUT2D eigenvalue weighted by Crippen LogP contribution is 2.34. The van der Waals surface area contributed by atoms with Crippen LogP contribution >= 0.6 is 0 Å². The highest BCUT2D eigenvalue weighted by atomic mass is 16.5. The Hall–Kier alpha value is -2.85. The molecule has 0 saturated carbocycles. The van der Waals surface area contributed by atoms with E-state index in [9.17, 15) is 4.79 Å². The Balaban J connectivity index is 2.03. The Kier molecular flexibility index (Phi) is 5.87. The number of nitrogens with one attached hydrogen (secondary N) is 1. The van der Waals surface area contributed by atoms with Crippen LogP contribution in [-0.4, -0.2) is 19.7 Å². The average molecular weight is 349 g/mol. The zero-order valence-corrected chi connectivity index (χ0v) is 15.1. The van der Waals surface area contributed by atoms with Crippen LogP contribution in [0.2, 0.25) is 0 Å². The normalized spacial score (nSPS) is 11.9. The van der Waals surface area contributed by atoms with Crippen molar-refractivity contribution < 1.29 is 14.3 Å². The molecule has 0 aromatic heterocycles. The molecule has 0 radical (unpaired) electrons. The van der Waals surface area contributed by atoms with Gasteiger partial charge in [-0.05, 0) is 29.3 Å². The minimum absolute atomic E-state index is 0.307. The number of esters is 1. The first kappa shape index (κ1) is 18.0. The van der Waals surface area contributed by atoms with Crippen LogP contribution in [-0.2, 0) is 16.1 Å². The van der Waals surface area contributed by atoms with Crippen LogP contribution in [0.25, 0.3) is 10.8 Å². The molecule has 0 amide bonds. The van der Waals surface area contributed by atoms with Gasteiger partial charge in [0.25, 0.3) is 0 Å². The van der Waals surface area contributed by atoms with Crippen molar-refractivity contribution in [1.82, 2.24) is 5.32 Å². The molecule has 0 aliphatic heterocycles. The van der Waals surface area contributed by atoms with Gasteiger partial charge in [0.05, 0.1) is 13.7 Å². The van der Waals surface area contributed by atoms with Gasteiger partial charge < -0.3 is 9.47 Å². The summed E-state index contributed by atoms with van der Waals surface area (Å²) in [5.74, 6) is 0.361. The van der Waals surface area contributed by atoms with Gasteiger partial charge in [-0.15, -0.1) is 0 Å². The van der Waals surface area contributed by atoms with Crippen LogP contribution in [0.4, 0.5) is 0 Å². The third-order valence-electron chi connectivity index (χ3n) is 4.31. The fourth-order valence-electron chi connectivity index (χ4n) is 3.10. The third-order valence-corrected chi connectivity index (χ3v) is 4.31. The van der Waals surface area contributed by atoms with Crippen molar-refractivity contribution >= 4 is 16.7 Å². The second kappa shape index (κ2) is 8.50. The van der Waals surface area contributed by atoms with Gasteiger partial charge in [-0.2, -0.15) is 0 Å². The Labute approximate surface area is 153 Å². The maximum Gasteiger partial charge on any atom is 0.327 e. The van der Waals surface area contributed by atoms with Crippen molar-refractivity contribution in [3.05, 3.63) is 77.9 Å². The van der Waals surface area contributed by atoms with Gasteiger partial charge in [-0.25, -0.2) is 4.79 Å². The number of ether oxygens (including phenoxy) is 2. The fraction of sp³-hybridized carbons (Fsp3) is 0.227. The van der Waals surface area contributed by atoms with Crippen LogP contribution in [0.3, 0.4) is 0 Å². The summed E-state index contributed by atoms with van der Waals surface area (Å²) in [6.07, 6.45) is 0. The minimum atomic E-state index is -0.615. The van der Waals surface area contributed by atoms with Gasteiger partial charge in [0.2, 0.25) is 0 Å². The Bertz CT molecular complexity index is 877. The predicted molar refractivity (Wildman–Crippen MR) is 103 cm³/mol. The number of methoxy groups -OCH3 is 1. The van der Waals surface area contributed by atoms with Gasteiger partial charge >= 0.3 is 5.97 Å². The van der Waals surface area contributed by atoms with Gasteiger partial charge in [-0.1, -0.05) is 60.7 Å². The minimum Gasteiger partial charge on any atom is -0.496 e. The molecular formula is C22H23NO3. The first-order chi connectivity index (χ1) is 12.7. The van der Waals surface area contributed by atoms with E-state index in [4.69, 9.17) is 9.47 Å². The van der Waals surface area contributed by atoms with Crippen molar-refractivity contribution in [2.75, 3.05) is 13.7 Å². The summed E-state index contributed by atoms with van der Waals surface area (Å²) in [4.78, 5) is 12.7. The molecule has 3 aromatic rings. The molecule has 0 heterocycles. The SMILES string of the molecule is CCOC(=O)C(NCc1ccccc1)c1c(OC)ccc2ccccc12. The van der Waals surface area contributed by atoms with Gasteiger partial charge in [-0.3, -0.25) is 5.32 Å². The number of benzene rings is 3. The second-order valence-electron chi connectivity index (χ2n) is 5.95. The largest absolute Gasteiger partial charge is 0.496 e. The molecule has 3 aromatic carbocycles. The number of carbonyl (C=O) groups excluding carboxylic acids is 1. The molecular weight excluding hydrogens is 326 g/mol. The van der Waals surface area contributed by atoms with E-state index < -0.39 is 6.04 Å². The quantitative estimate of drug-likeness (QED) is 0.648. The average Bonchev–Trinajstić information content (AvgIpc) is 2.69. The van der Waals surface area contributed by atoms with Crippen LogP contribution in [0, 0.1) is 0 Å². The Morgan fingerprint density at radius 2 is 1.73 bits per heavy atom.